The van der Waals surface area contributed by atoms with E-state index in [9.17, 15) is 9.47 Å². The maximum absolute atomic E-state index is 12.4. The van der Waals surface area contributed by atoms with Crippen molar-refractivity contribution in [2.75, 3.05) is 18.0 Å². The van der Waals surface area contributed by atoms with Crippen LogP contribution in [0.3, 0.4) is 0 Å². The lowest BCUT2D eigenvalue weighted by Gasteiger charge is -2.24. The number of nitrogens with zero attached hydrogens (tertiary/aromatic N) is 2. The molecule has 18 heavy (non-hydrogen) atoms. The number of benzene rings is 1. The fourth-order valence-corrected chi connectivity index (χ4v) is 2.86. The molecule has 0 heterocycles. The molecule has 0 aliphatic rings. The zero-order chi connectivity index (χ0) is 13.6. The summed E-state index contributed by atoms with van der Waals surface area (Å²) in [6.45, 7) is 3.57. The van der Waals surface area contributed by atoms with Gasteiger partial charge in [0, 0.05) is 5.02 Å². The normalized spacial score (nSPS) is 11.3. The van der Waals surface area contributed by atoms with Gasteiger partial charge in [-0.15, -0.1) is 9.69 Å². The smallest absolute Gasteiger partial charge is 0.291 e. The minimum atomic E-state index is -3.76. The Morgan fingerprint density at radius 2 is 1.72 bits per heavy atom. The Balaban J connectivity index is 3.09. The molecule has 1 aromatic carbocycles. The molecule has 0 radical (unpaired) electrons. The van der Waals surface area contributed by atoms with Crippen LogP contribution in [0.25, 0.3) is 0 Å². The van der Waals surface area contributed by atoms with E-state index in [1.54, 1.807) is 26.0 Å². The maximum Gasteiger partial charge on any atom is 0.458 e. The van der Waals surface area contributed by atoms with Gasteiger partial charge in [-0.1, -0.05) is 11.6 Å². The van der Waals surface area contributed by atoms with Crippen molar-refractivity contribution in [1.82, 2.24) is 0 Å². The SMILES string of the molecule is CCOP(=O)(OCC)N(N=O)c1ccc(Cl)cc1. The first-order valence-electron chi connectivity index (χ1n) is 5.36. The van der Waals surface area contributed by atoms with Crippen LogP contribution >= 0.6 is 19.3 Å². The molecule has 0 N–H and O–H groups in total. The average molecular weight is 293 g/mol. The molecule has 1 rings (SSSR count). The molecule has 0 spiro atoms. The number of halogens is 1. The third kappa shape index (κ3) is 3.53. The van der Waals surface area contributed by atoms with E-state index in [4.69, 9.17) is 20.6 Å². The van der Waals surface area contributed by atoms with E-state index in [1.165, 1.54) is 12.1 Å². The molecule has 0 bridgehead atoms. The van der Waals surface area contributed by atoms with Gasteiger partial charge in [0.05, 0.1) is 24.2 Å². The van der Waals surface area contributed by atoms with Crippen LogP contribution < -0.4 is 4.78 Å². The molecule has 0 amide bonds. The first-order chi connectivity index (χ1) is 8.57. The molecule has 0 unspecified atom stereocenters. The predicted octanol–water partition coefficient (Wildman–Crippen LogP) is 4.01. The number of rotatable bonds is 7. The standard InChI is InChI=1S/C10H14ClN2O4P/c1-3-16-18(15,17-4-2)13(12-14)10-7-5-9(11)6-8-10/h5-8H,3-4H2,1-2H3. The van der Waals surface area contributed by atoms with E-state index in [0.29, 0.717) is 15.5 Å². The Kier molecular flexibility index (Phi) is 5.75. The number of nitroso groups, excluding NO2 is 1. The van der Waals surface area contributed by atoms with E-state index in [-0.39, 0.29) is 13.2 Å². The Morgan fingerprint density at radius 1 is 1.22 bits per heavy atom. The fraction of sp³-hybridized carbons (Fsp3) is 0.400. The van der Waals surface area contributed by atoms with Crippen molar-refractivity contribution >= 4 is 25.0 Å². The second kappa shape index (κ2) is 6.85. The Bertz CT molecular complexity index is 430. The highest BCUT2D eigenvalue weighted by atomic mass is 35.5. The monoisotopic (exact) mass is 292 g/mol. The summed E-state index contributed by atoms with van der Waals surface area (Å²) in [7, 11) is -3.76. The van der Waals surface area contributed by atoms with Gasteiger partial charge in [0.25, 0.3) is 0 Å². The highest BCUT2D eigenvalue weighted by molar-refractivity contribution is 7.55. The first-order valence-corrected chi connectivity index (χ1v) is 7.23. The van der Waals surface area contributed by atoms with Gasteiger partial charge in [-0.25, -0.2) is 4.57 Å². The minimum absolute atomic E-state index is 0.136. The van der Waals surface area contributed by atoms with E-state index in [0.717, 1.165) is 0 Å². The molecule has 0 aromatic heterocycles. The largest absolute Gasteiger partial charge is 0.458 e. The zero-order valence-electron chi connectivity index (χ0n) is 10.1. The third-order valence-electron chi connectivity index (χ3n) is 1.95. The molecule has 1 aromatic rings. The molecule has 8 heteroatoms. The van der Waals surface area contributed by atoms with E-state index >= 15 is 0 Å². The summed E-state index contributed by atoms with van der Waals surface area (Å²) < 4.78 is 23.2. The van der Waals surface area contributed by atoms with E-state index < -0.39 is 7.75 Å². The molecule has 0 atom stereocenters. The Labute approximate surface area is 110 Å². The van der Waals surface area contributed by atoms with Crippen molar-refractivity contribution in [2.45, 2.75) is 13.8 Å². The topological polar surface area (TPSA) is 68.2 Å². The van der Waals surface area contributed by atoms with Crippen molar-refractivity contribution in [3.63, 3.8) is 0 Å². The van der Waals surface area contributed by atoms with Crippen LogP contribution in [0, 0.1) is 4.91 Å². The van der Waals surface area contributed by atoms with Gasteiger partial charge in [-0.3, -0.25) is 9.05 Å². The number of anilines is 1. The number of hydrogen-bond donors (Lipinski definition) is 0. The quantitative estimate of drug-likeness (QED) is 0.431. The summed E-state index contributed by atoms with van der Waals surface area (Å²) in [6.07, 6.45) is 0. The van der Waals surface area contributed by atoms with Crippen molar-refractivity contribution in [2.24, 2.45) is 5.29 Å². The summed E-state index contributed by atoms with van der Waals surface area (Å²) in [5.74, 6) is 0. The van der Waals surface area contributed by atoms with Crippen LogP contribution in [0.5, 0.6) is 0 Å². The van der Waals surface area contributed by atoms with Gasteiger partial charge < -0.3 is 0 Å². The average Bonchev–Trinajstić information content (AvgIpc) is 2.33. The second-order valence-corrected chi connectivity index (χ2v) is 5.42. The van der Waals surface area contributed by atoms with Crippen molar-refractivity contribution in [3.8, 4) is 0 Å². The van der Waals surface area contributed by atoms with Gasteiger partial charge in [-0.05, 0) is 38.1 Å². The highest BCUT2D eigenvalue weighted by Gasteiger charge is 2.35. The maximum atomic E-state index is 12.4. The van der Waals surface area contributed by atoms with Crippen LogP contribution in [0.2, 0.25) is 5.02 Å². The van der Waals surface area contributed by atoms with Gasteiger partial charge in [0.1, 0.15) is 0 Å². The van der Waals surface area contributed by atoms with Gasteiger partial charge in [0.15, 0.2) is 0 Å². The van der Waals surface area contributed by atoms with Crippen LogP contribution in [0.15, 0.2) is 29.6 Å². The molecule has 0 saturated carbocycles. The van der Waals surface area contributed by atoms with Crippen LogP contribution in [-0.2, 0) is 13.6 Å². The second-order valence-electron chi connectivity index (χ2n) is 3.15. The Morgan fingerprint density at radius 3 is 2.11 bits per heavy atom. The zero-order valence-corrected chi connectivity index (χ0v) is 11.7. The summed E-state index contributed by atoms with van der Waals surface area (Å²) in [5.41, 5.74) is 0.291. The van der Waals surface area contributed by atoms with Crippen LogP contribution in [0.4, 0.5) is 5.69 Å². The lowest BCUT2D eigenvalue weighted by Crippen LogP contribution is -2.16. The molecule has 0 fully saturated rings. The van der Waals surface area contributed by atoms with Gasteiger partial charge in [-0.2, -0.15) is 0 Å². The van der Waals surface area contributed by atoms with Gasteiger partial charge in [0.2, 0.25) is 0 Å². The summed E-state index contributed by atoms with van der Waals surface area (Å²) in [4.78, 5) is 10.9. The molecule has 0 aliphatic carbocycles. The van der Waals surface area contributed by atoms with Crippen molar-refractivity contribution < 1.29 is 13.6 Å². The lowest BCUT2D eigenvalue weighted by molar-refractivity contribution is 0.217. The Hall–Kier alpha value is -0.940. The summed E-state index contributed by atoms with van der Waals surface area (Å²) in [6, 6.07) is 6.12. The lowest BCUT2D eigenvalue weighted by atomic mass is 10.3. The summed E-state index contributed by atoms with van der Waals surface area (Å²) in [5, 5.41) is 3.22. The predicted molar refractivity (Wildman–Crippen MR) is 70.6 cm³/mol. The van der Waals surface area contributed by atoms with E-state index in [1.807, 2.05) is 0 Å². The minimum Gasteiger partial charge on any atom is -0.291 e. The number of hydrogen-bond acceptors (Lipinski definition) is 5. The molecule has 6 nitrogen and oxygen atoms in total. The molecule has 0 saturated heterocycles. The molecular formula is C10H14ClN2O4P. The summed E-state index contributed by atoms with van der Waals surface area (Å²) >= 11 is 5.74. The fourth-order valence-electron chi connectivity index (χ4n) is 1.28. The van der Waals surface area contributed by atoms with Crippen LogP contribution in [-0.4, -0.2) is 13.2 Å². The molecular weight excluding hydrogens is 279 g/mol. The van der Waals surface area contributed by atoms with Crippen LogP contribution in [0.1, 0.15) is 13.8 Å². The van der Waals surface area contributed by atoms with Crippen molar-refractivity contribution in [1.29, 1.82) is 0 Å². The third-order valence-corrected chi connectivity index (χ3v) is 4.14. The van der Waals surface area contributed by atoms with E-state index in [2.05, 4.69) is 5.29 Å². The van der Waals surface area contributed by atoms with Crippen molar-refractivity contribution in [3.05, 3.63) is 34.2 Å². The first kappa shape index (κ1) is 15.1. The molecule has 100 valence electrons. The van der Waals surface area contributed by atoms with Gasteiger partial charge >= 0.3 is 7.75 Å². The molecule has 0 aliphatic heterocycles. The highest BCUT2D eigenvalue weighted by Crippen LogP contribution is 2.54.